The molecule has 0 atom stereocenters. The molecule has 0 radical (unpaired) electrons. The van der Waals surface area contributed by atoms with Crippen LogP contribution in [0.25, 0.3) is 10.9 Å². The van der Waals surface area contributed by atoms with E-state index in [1.165, 1.54) is 0 Å². The normalized spacial score (nSPS) is 18.0. The van der Waals surface area contributed by atoms with Gasteiger partial charge in [0, 0.05) is 17.1 Å². The van der Waals surface area contributed by atoms with Gasteiger partial charge >= 0.3 is 6.18 Å². The monoisotopic (exact) mass is 469 g/mol. The molecule has 2 heterocycles. The zero-order valence-corrected chi connectivity index (χ0v) is 18.5. The van der Waals surface area contributed by atoms with Gasteiger partial charge in [0.2, 0.25) is 0 Å². The summed E-state index contributed by atoms with van der Waals surface area (Å²) in [5, 5.41) is 7.52. The molecule has 0 unspecified atom stereocenters. The molecule has 6 nitrogen and oxygen atoms in total. The van der Waals surface area contributed by atoms with Crippen molar-refractivity contribution in [3.05, 3.63) is 76.8 Å². The molecule has 2 N–H and O–H groups in total. The number of rotatable bonds is 5. The SMILES string of the molecule is Cc1noc(C)c1C(=O)Nc1c[nH]c2ccc(OC3CC(c4ccc(C(F)(F)F)cc4)C3)cc12. The number of hydrogen-bond acceptors (Lipinski definition) is 4. The highest BCUT2D eigenvalue weighted by Crippen LogP contribution is 2.41. The quantitative estimate of drug-likeness (QED) is 0.356. The van der Waals surface area contributed by atoms with Crippen molar-refractivity contribution >= 4 is 22.5 Å². The minimum Gasteiger partial charge on any atom is -0.490 e. The number of carbonyl (C=O) groups is 1. The van der Waals surface area contributed by atoms with E-state index in [1.807, 2.05) is 18.2 Å². The number of H-pyrrole nitrogens is 1. The molecule has 1 aliphatic rings. The Balaban J connectivity index is 1.25. The Morgan fingerprint density at radius 3 is 2.53 bits per heavy atom. The molecule has 0 spiro atoms. The summed E-state index contributed by atoms with van der Waals surface area (Å²) in [4.78, 5) is 15.8. The van der Waals surface area contributed by atoms with E-state index in [-0.39, 0.29) is 17.9 Å². The van der Waals surface area contributed by atoms with E-state index in [0.717, 1.165) is 41.4 Å². The number of fused-ring (bicyclic) bond motifs is 1. The van der Waals surface area contributed by atoms with Crippen LogP contribution in [0.3, 0.4) is 0 Å². The van der Waals surface area contributed by atoms with Crippen LogP contribution in [0.4, 0.5) is 18.9 Å². The molecule has 34 heavy (non-hydrogen) atoms. The second kappa shape index (κ2) is 8.23. The molecule has 0 bridgehead atoms. The van der Waals surface area contributed by atoms with E-state index >= 15 is 0 Å². The van der Waals surface area contributed by atoms with E-state index in [0.29, 0.717) is 28.5 Å². The van der Waals surface area contributed by atoms with E-state index in [2.05, 4.69) is 15.5 Å². The van der Waals surface area contributed by atoms with Gasteiger partial charge in [-0.15, -0.1) is 0 Å². The van der Waals surface area contributed by atoms with Crippen LogP contribution in [0.15, 0.2) is 53.2 Å². The Morgan fingerprint density at radius 2 is 1.88 bits per heavy atom. The lowest BCUT2D eigenvalue weighted by molar-refractivity contribution is -0.137. The Kier molecular flexibility index (Phi) is 5.34. The highest BCUT2D eigenvalue weighted by molar-refractivity contribution is 6.10. The second-order valence-electron chi connectivity index (χ2n) is 8.59. The Morgan fingerprint density at radius 1 is 1.15 bits per heavy atom. The summed E-state index contributed by atoms with van der Waals surface area (Å²) in [6.07, 6.45) is -1.18. The summed E-state index contributed by atoms with van der Waals surface area (Å²) in [7, 11) is 0. The van der Waals surface area contributed by atoms with Crippen LogP contribution in [0.1, 0.15) is 51.7 Å². The lowest BCUT2D eigenvalue weighted by atomic mass is 9.77. The Bertz CT molecular complexity index is 1330. The second-order valence-corrected chi connectivity index (χ2v) is 8.59. The number of nitrogens with one attached hydrogen (secondary N) is 2. The fraction of sp³-hybridized carbons (Fsp3) is 0.280. The largest absolute Gasteiger partial charge is 0.490 e. The van der Waals surface area contributed by atoms with Gasteiger partial charge in [-0.25, -0.2) is 0 Å². The average molecular weight is 469 g/mol. The first-order valence-corrected chi connectivity index (χ1v) is 10.9. The Labute approximate surface area is 193 Å². The first kappa shape index (κ1) is 22.1. The van der Waals surface area contributed by atoms with Crippen molar-refractivity contribution in [1.82, 2.24) is 10.1 Å². The number of nitrogens with zero attached hydrogens (tertiary/aromatic N) is 1. The number of amides is 1. The molecule has 9 heteroatoms. The predicted molar refractivity (Wildman–Crippen MR) is 120 cm³/mol. The van der Waals surface area contributed by atoms with E-state index in [1.54, 1.807) is 32.2 Å². The maximum absolute atomic E-state index is 12.8. The lowest BCUT2D eigenvalue weighted by Crippen LogP contribution is -2.32. The number of benzene rings is 2. The fourth-order valence-electron chi connectivity index (χ4n) is 4.34. The highest BCUT2D eigenvalue weighted by Gasteiger charge is 2.34. The molecule has 4 aromatic rings. The third-order valence-electron chi connectivity index (χ3n) is 6.27. The van der Waals surface area contributed by atoms with Crippen molar-refractivity contribution in [2.75, 3.05) is 5.32 Å². The van der Waals surface area contributed by atoms with Gasteiger partial charge in [-0.1, -0.05) is 17.3 Å². The predicted octanol–water partition coefficient (Wildman–Crippen LogP) is 6.37. The van der Waals surface area contributed by atoms with Crippen molar-refractivity contribution < 1.29 is 27.2 Å². The molecule has 2 aromatic carbocycles. The summed E-state index contributed by atoms with van der Waals surface area (Å²) in [5.41, 5.74) is 2.63. The first-order chi connectivity index (χ1) is 16.2. The van der Waals surface area contributed by atoms with Crippen LogP contribution >= 0.6 is 0 Å². The number of carbonyl (C=O) groups excluding carboxylic acids is 1. The first-order valence-electron chi connectivity index (χ1n) is 10.9. The number of ether oxygens (including phenoxy) is 1. The summed E-state index contributed by atoms with van der Waals surface area (Å²) >= 11 is 0. The zero-order valence-electron chi connectivity index (χ0n) is 18.5. The van der Waals surface area contributed by atoms with Gasteiger partial charge in [0.25, 0.3) is 5.91 Å². The summed E-state index contributed by atoms with van der Waals surface area (Å²) in [6.45, 7) is 3.40. The third-order valence-corrected chi connectivity index (χ3v) is 6.27. The van der Waals surface area contributed by atoms with Gasteiger partial charge in [0.15, 0.2) is 0 Å². The maximum atomic E-state index is 12.8. The standard InChI is InChI=1S/C25H22F3N3O3/c1-13-23(14(2)34-31-13)24(32)30-22-12-29-21-8-7-18(11-20(21)22)33-19-9-16(10-19)15-3-5-17(6-4-15)25(26,27)28/h3-8,11-12,16,19,29H,9-10H2,1-2H3,(H,30,32). The van der Waals surface area contributed by atoms with Gasteiger partial charge in [-0.2, -0.15) is 13.2 Å². The van der Waals surface area contributed by atoms with E-state index in [4.69, 9.17) is 9.26 Å². The highest BCUT2D eigenvalue weighted by atomic mass is 19.4. The van der Waals surface area contributed by atoms with Crippen LogP contribution in [0.5, 0.6) is 5.75 Å². The maximum Gasteiger partial charge on any atom is 0.416 e. The van der Waals surface area contributed by atoms with Crippen molar-refractivity contribution in [1.29, 1.82) is 0 Å². The Hall–Kier alpha value is -3.75. The van der Waals surface area contributed by atoms with Gasteiger partial charge in [-0.3, -0.25) is 4.79 Å². The molecular formula is C25H22F3N3O3. The zero-order chi connectivity index (χ0) is 24.0. The van der Waals surface area contributed by atoms with E-state index in [9.17, 15) is 18.0 Å². The molecule has 176 valence electrons. The summed E-state index contributed by atoms with van der Waals surface area (Å²) < 4.78 is 49.5. The number of aromatic amines is 1. The number of halogens is 3. The minimum atomic E-state index is -4.33. The average Bonchev–Trinajstić information content (AvgIpc) is 3.32. The minimum absolute atomic E-state index is 0.0240. The molecule has 0 saturated heterocycles. The van der Waals surface area contributed by atoms with E-state index < -0.39 is 11.7 Å². The van der Waals surface area contributed by atoms with Crippen molar-refractivity contribution in [3.63, 3.8) is 0 Å². The number of anilines is 1. The number of hydrogen-bond donors (Lipinski definition) is 2. The molecule has 1 aliphatic carbocycles. The fourth-order valence-corrected chi connectivity index (χ4v) is 4.34. The molecule has 1 amide bonds. The molecular weight excluding hydrogens is 447 g/mol. The van der Waals surface area contributed by atoms with Crippen LogP contribution in [0.2, 0.25) is 0 Å². The van der Waals surface area contributed by atoms with Crippen LogP contribution in [-0.2, 0) is 6.18 Å². The molecule has 0 aliphatic heterocycles. The van der Waals surface area contributed by atoms with Gasteiger partial charge in [0.05, 0.1) is 23.0 Å². The van der Waals surface area contributed by atoms with Crippen LogP contribution in [0, 0.1) is 13.8 Å². The van der Waals surface area contributed by atoms with Crippen molar-refractivity contribution in [3.8, 4) is 5.75 Å². The number of aryl methyl sites for hydroxylation is 2. The van der Waals surface area contributed by atoms with Gasteiger partial charge in [-0.05, 0) is 68.5 Å². The van der Waals surface area contributed by atoms with Crippen molar-refractivity contribution in [2.45, 2.75) is 44.9 Å². The van der Waals surface area contributed by atoms with Gasteiger partial charge < -0.3 is 19.6 Å². The summed E-state index contributed by atoms with van der Waals surface area (Å²) in [5.74, 6) is 0.984. The van der Waals surface area contributed by atoms with Crippen LogP contribution in [-0.4, -0.2) is 22.2 Å². The molecule has 1 fully saturated rings. The molecule has 1 saturated carbocycles. The number of alkyl halides is 3. The van der Waals surface area contributed by atoms with Crippen LogP contribution < -0.4 is 10.1 Å². The lowest BCUT2D eigenvalue weighted by Gasteiger charge is -2.35. The topological polar surface area (TPSA) is 80.2 Å². The molecule has 5 rings (SSSR count). The summed E-state index contributed by atoms with van der Waals surface area (Å²) in [6, 6.07) is 10.9. The van der Waals surface area contributed by atoms with Crippen molar-refractivity contribution in [2.24, 2.45) is 0 Å². The van der Waals surface area contributed by atoms with Gasteiger partial charge in [0.1, 0.15) is 17.1 Å². The third kappa shape index (κ3) is 4.13. The number of aromatic nitrogens is 2. The molecule has 2 aromatic heterocycles. The smallest absolute Gasteiger partial charge is 0.416 e.